The Labute approximate surface area is 306 Å². The van der Waals surface area contributed by atoms with E-state index in [2.05, 4.69) is 5.73 Å². The van der Waals surface area contributed by atoms with Gasteiger partial charge in [-0.1, -0.05) is 0 Å². The zero-order valence-corrected chi connectivity index (χ0v) is 26.1. The summed E-state index contributed by atoms with van der Waals surface area (Å²) in [6.45, 7) is 0. The predicted molar refractivity (Wildman–Crippen MR) is 104 cm³/mol. The molecule has 0 saturated heterocycles. The summed E-state index contributed by atoms with van der Waals surface area (Å²) in [5, 5.41) is 0. The molecule has 0 aromatic carbocycles. The number of alkyl halides is 41. The van der Waals surface area contributed by atoms with Gasteiger partial charge in [-0.05, 0) is 0 Å². The molecule has 42 heteroatoms. The minimum absolute atomic E-state index is 2.83. The molecule has 0 aliphatic heterocycles. The topological polar surface area (TPSA) is 26.0 Å². The normalized spacial score (nSPS) is 17.5. The van der Waals surface area contributed by atoms with Crippen molar-refractivity contribution in [3.63, 3.8) is 0 Å². The first-order chi connectivity index (χ1) is 25.8. The Hall–Kier alpha value is -2.91. The molecular formula is C20H2F41N. The molecule has 0 bridgehead atoms. The van der Waals surface area contributed by atoms with Crippen LogP contribution in [-0.2, 0) is 0 Å². The van der Waals surface area contributed by atoms with Gasteiger partial charge in [0, 0.05) is 0 Å². The maximum atomic E-state index is 13.9. The standard InChI is InChI=1S/C20H2F41N/c21-1(22,3(25,26)5(29,30)7(33,34)9(37,38)11(41,42)13(45,46)15(49,50)17(53,54)19(57,58)59)2(23,24)4(27,28)6(31,32)8(35,36)10(39,40)12(43,44)14(47,48)16(51,52)18(55,56)20(60,61)62/h62H2. The van der Waals surface area contributed by atoms with Gasteiger partial charge >= 0.3 is 119 Å². The lowest BCUT2D eigenvalue weighted by molar-refractivity contribution is -0.495. The second-order valence-corrected chi connectivity index (χ2v) is 11.5. The molecule has 0 radical (unpaired) electrons. The summed E-state index contributed by atoms with van der Waals surface area (Å²) in [7, 11) is 0. The third-order valence-electron chi connectivity index (χ3n) is 7.48. The van der Waals surface area contributed by atoms with Gasteiger partial charge < -0.3 is 0 Å². The fourth-order valence-electron chi connectivity index (χ4n) is 3.54. The highest BCUT2D eigenvalue weighted by Crippen LogP contribution is 2.71. The number of nitrogens with two attached hydrogens (primary N) is 1. The summed E-state index contributed by atoms with van der Waals surface area (Å²) in [4.78, 5) is 0. The second-order valence-electron chi connectivity index (χ2n) is 11.5. The van der Waals surface area contributed by atoms with E-state index in [9.17, 15) is 180 Å². The van der Waals surface area contributed by atoms with Crippen molar-refractivity contribution in [2.45, 2.75) is 119 Å². The average molecular weight is 1040 g/mol. The highest BCUT2D eigenvalue weighted by atomic mass is 19.4. The molecule has 0 aromatic rings. The largest absolute Gasteiger partial charge is 0.460 e. The number of hydrogen-bond donors (Lipinski definition) is 1. The zero-order chi connectivity index (χ0) is 52.0. The molecule has 2 N–H and O–H groups in total. The zero-order valence-electron chi connectivity index (χ0n) is 26.1. The molecule has 0 rings (SSSR count). The van der Waals surface area contributed by atoms with Crippen molar-refractivity contribution >= 4 is 0 Å². The lowest BCUT2D eigenvalue weighted by atomic mass is 9.82. The molecule has 0 unspecified atom stereocenters. The molecule has 0 saturated carbocycles. The van der Waals surface area contributed by atoms with Gasteiger partial charge in [0.25, 0.3) is 0 Å². The number of halogens is 41. The lowest BCUT2D eigenvalue weighted by Gasteiger charge is -2.47. The van der Waals surface area contributed by atoms with E-state index < -0.39 is 119 Å². The van der Waals surface area contributed by atoms with Crippen LogP contribution in [0, 0.1) is 0 Å². The fraction of sp³-hybridized carbons (Fsp3) is 1.00. The number of rotatable bonds is 18. The highest BCUT2D eigenvalue weighted by Gasteiger charge is 3.03. The first-order valence-electron chi connectivity index (χ1n) is 12.8. The molecule has 0 aliphatic carbocycles. The van der Waals surface area contributed by atoms with Crippen LogP contribution in [0.25, 0.3) is 0 Å². The second kappa shape index (κ2) is 13.8. The molecule has 0 heterocycles. The fourth-order valence-corrected chi connectivity index (χ4v) is 3.54. The van der Waals surface area contributed by atoms with Gasteiger partial charge in [0.1, 0.15) is 0 Å². The van der Waals surface area contributed by atoms with Crippen molar-refractivity contribution in [1.82, 2.24) is 0 Å². The Kier molecular flexibility index (Phi) is 13.2. The molecule has 0 spiro atoms. The molecule has 0 aliphatic rings. The summed E-state index contributed by atoms with van der Waals surface area (Å²) in [5.41, 5.74) is 2.83. The molecule has 62 heavy (non-hydrogen) atoms. The van der Waals surface area contributed by atoms with E-state index in [0.29, 0.717) is 0 Å². The van der Waals surface area contributed by atoms with Crippen LogP contribution < -0.4 is 5.73 Å². The SMILES string of the molecule is NC(F)(F)C(F)(F)C(F)(F)C(F)(F)C(F)(F)C(F)(F)C(F)(F)C(F)(F)C(F)(F)C(F)(F)C(F)(F)C(F)(F)C(F)(F)C(F)(F)C(F)(F)C(F)(F)C(F)(F)C(F)(F)C(F)(F)C(F)(F)F. The van der Waals surface area contributed by atoms with Crippen molar-refractivity contribution in [2.24, 2.45) is 5.73 Å². The van der Waals surface area contributed by atoms with E-state index in [1.54, 1.807) is 0 Å². The minimum atomic E-state index is -10.6. The lowest BCUT2D eigenvalue weighted by Crippen LogP contribution is -2.80. The smallest absolute Gasteiger partial charge is 0.267 e. The van der Waals surface area contributed by atoms with Crippen LogP contribution in [0.2, 0.25) is 0 Å². The van der Waals surface area contributed by atoms with Crippen LogP contribution in [0.5, 0.6) is 0 Å². The van der Waals surface area contributed by atoms with Crippen molar-refractivity contribution in [2.75, 3.05) is 0 Å². The minimum Gasteiger partial charge on any atom is -0.267 e. The molecule has 374 valence electrons. The van der Waals surface area contributed by atoms with Crippen molar-refractivity contribution < 1.29 is 180 Å². The molecule has 0 fully saturated rings. The van der Waals surface area contributed by atoms with Crippen LogP contribution in [0.4, 0.5) is 180 Å². The average Bonchev–Trinajstić information content (AvgIpc) is 3.01. The monoisotopic (exact) mass is 1030 g/mol. The Morgan fingerprint density at radius 3 is 0.290 bits per heavy atom. The maximum Gasteiger partial charge on any atom is 0.460 e. The molecule has 1 nitrogen and oxygen atoms in total. The van der Waals surface area contributed by atoms with Crippen molar-refractivity contribution in [3.05, 3.63) is 0 Å². The van der Waals surface area contributed by atoms with Crippen LogP contribution in [0.1, 0.15) is 0 Å². The van der Waals surface area contributed by atoms with Gasteiger partial charge in [-0.15, -0.1) is 0 Å². The van der Waals surface area contributed by atoms with Gasteiger partial charge in [0.2, 0.25) is 0 Å². The molecule has 0 atom stereocenters. The number of hydrogen-bond acceptors (Lipinski definition) is 1. The van der Waals surface area contributed by atoms with Gasteiger partial charge in [-0.3, -0.25) is 5.73 Å². The first-order valence-corrected chi connectivity index (χ1v) is 12.8. The quantitative estimate of drug-likeness (QED) is 0.107. The predicted octanol–water partition coefficient (Wildman–Crippen LogP) is 12.5. The summed E-state index contributed by atoms with van der Waals surface area (Å²) >= 11 is 0. The van der Waals surface area contributed by atoms with Crippen LogP contribution in [-0.4, -0.2) is 119 Å². The highest BCUT2D eigenvalue weighted by molar-refractivity contribution is 5.23. The Morgan fingerprint density at radius 2 is 0.210 bits per heavy atom. The van der Waals surface area contributed by atoms with Crippen molar-refractivity contribution in [1.29, 1.82) is 0 Å². The van der Waals surface area contributed by atoms with E-state index in [1.165, 1.54) is 0 Å². The van der Waals surface area contributed by atoms with E-state index >= 15 is 0 Å². The van der Waals surface area contributed by atoms with Crippen molar-refractivity contribution in [3.8, 4) is 0 Å². The van der Waals surface area contributed by atoms with Crippen LogP contribution in [0.15, 0.2) is 0 Å². The van der Waals surface area contributed by atoms with E-state index in [0.717, 1.165) is 0 Å². The molecular weight excluding hydrogens is 1030 g/mol. The Morgan fingerprint density at radius 1 is 0.129 bits per heavy atom. The molecule has 0 aromatic heterocycles. The van der Waals surface area contributed by atoms with Gasteiger partial charge in [0.05, 0.1) is 0 Å². The Bertz CT molecular complexity index is 1510. The van der Waals surface area contributed by atoms with E-state index in [1.807, 2.05) is 0 Å². The summed E-state index contributed by atoms with van der Waals surface area (Å²) in [5.74, 6) is -181. The Balaban J connectivity index is 7.98. The van der Waals surface area contributed by atoms with Gasteiger partial charge in [0.15, 0.2) is 0 Å². The van der Waals surface area contributed by atoms with E-state index in [4.69, 9.17) is 0 Å². The van der Waals surface area contributed by atoms with Gasteiger partial charge in [-0.2, -0.15) is 180 Å². The summed E-state index contributed by atoms with van der Waals surface area (Å²) < 4.78 is 551. The maximum absolute atomic E-state index is 13.9. The van der Waals surface area contributed by atoms with Crippen LogP contribution >= 0.6 is 0 Å². The summed E-state index contributed by atoms with van der Waals surface area (Å²) in [6, 6.07) is -7.53. The first kappa shape index (κ1) is 59.1. The van der Waals surface area contributed by atoms with Gasteiger partial charge in [-0.25, -0.2) is 0 Å². The third kappa shape index (κ3) is 6.36. The van der Waals surface area contributed by atoms with E-state index in [-0.39, 0.29) is 0 Å². The van der Waals surface area contributed by atoms with Crippen LogP contribution in [0.3, 0.4) is 0 Å². The third-order valence-corrected chi connectivity index (χ3v) is 7.48. The summed E-state index contributed by atoms with van der Waals surface area (Å²) in [6.07, 6.45) is -8.52. The molecule has 0 amide bonds.